The molecule has 0 spiro atoms. The zero-order chi connectivity index (χ0) is 10.4. The van der Waals surface area contributed by atoms with Crippen molar-refractivity contribution >= 4 is 5.69 Å². The summed E-state index contributed by atoms with van der Waals surface area (Å²) in [4.78, 5) is 2.52. The quantitative estimate of drug-likeness (QED) is 0.795. The predicted octanol–water partition coefficient (Wildman–Crippen LogP) is 2.02. The molecular weight excluding hydrogens is 184 g/mol. The summed E-state index contributed by atoms with van der Waals surface area (Å²) in [5.41, 5.74) is 12.0. The Bertz CT molecular complexity index is 369. The highest BCUT2D eigenvalue weighted by Crippen LogP contribution is 2.38. The Morgan fingerprint density at radius 1 is 1.27 bits per heavy atom. The van der Waals surface area contributed by atoms with Crippen LogP contribution in [-0.4, -0.2) is 13.1 Å². The van der Waals surface area contributed by atoms with Crippen LogP contribution in [0.2, 0.25) is 0 Å². The van der Waals surface area contributed by atoms with E-state index in [0.29, 0.717) is 0 Å². The lowest BCUT2D eigenvalue weighted by molar-refractivity contribution is 0.696. The van der Waals surface area contributed by atoms with Crippen molar-refractivity contribution in [2.24, 2.45) is 5.73 Å². The SMILES string of the molecule is CCC(N)c1cc2c3c(c1)CCN3CC2. The zero-order valence-electron chi connectivity index (χ0n) is 9.29. The van der Waals surface area contributed by atoms with Gasteiger partial charge in [-0.1, -0.05) is 19.1 Å². The summed E-state index contributed by atoms with van der Waals surface area (Å²) < 4.78 is 0. The standard InChI is InChI=1S/C13H18N2/c1-2-12(14)11-7-9-3-5-15-6-4-10(8-11)13(9)15/h7-8,12H,2-6,14H2,1H3. The largest absolute Gasteiger partial charge is 0.370 e. The summed E-state index contributed by atoms with van der Waals surface area (Å²) in [5, 5.41) is 0. The number of nitrogens with two attached hydrogens (primary N) is 1. The topological polar surface area (TPSA) is 29.3 Å². The van der Waals surface area contributed by atoms with Crippen LogP contribution in [0.25, 0.3) is 0 Å². The predicted molar refractivity (Wildman–Crippen MR) is 63.3 cm³/mol. The lowest BCUT2D eigenvalue weighted by atomic mass is 9.97. The van der Waals surface area contributed by atoms with Crippen molar-refractivity contribution < 1.29 is 0 Å². The molecule has 0 aromatic heterocycles. The number of nitrogens with zero attached hydrogens (tertiary/aromatic N) is 1. The van der Waals surface area contributed by atoms with Crippen molar-refractivity contribution in [2.75, 3.05) is 18.0 Å². The normalized spacial score (nSPS) is 19.5. The Kier molecular flexibility index (Phi) is 1.99. The van der Waals surface area contributed by atoms with Crippen LogP contribution in [0, 0.1) is 0 Å². The van der Waals surface area contributed by atoms with E-state index < -0.39 is 0 Å². The van der Waals surface area contributed by atoms with E-state index >= 15 is 0 Å². The Labute approximate surface area is 91.1 Å². The molecule has 0 saturated carbocycles. The van der Waals surface area contributed by atoms with Crippen molar-refractivity contribution in [3.05, 3.63) is 28.8 Å². The van der Waals surface area contributed by atoms with Crippen LogP contribution in [0.5, 0.6) is 0 Å². The highest BCUT2D eigenvalue weighted by Gasteiger charge is 2.28. The molecule has 0 bridgehead atoms. The van der Waals surface area contributed by atoms with Gasteiger partial charge in [0.25, 0.3) is 0 Å². The van der Waals surface area contributed by atoms with E-state index in [0.717, 1.165) is 6.42 Å². The van der Waals surface area contributed by atoms with Crippen molar-refractivity contribution in [3.8, 4) is 0 Å². The van der Waals surface area contributed by atoms with E-state index in [1.54, 1.807) is 0 Å². The van der Waals surface area contributed by atoms with Gasteiger partial charge in [0, 0.05) is 24.8 Å². The summed E-state index contributed by atoms with van der Waals surface area (Å²) in [5.74, 6) is 0. The number of hydrogen-bond donors (Lipinski definition) is 1. The van der Waals surface area contributed by atoms with E-state index in [9.17, 15) is 0 Å². The first-order valence-electron chi connectivity index (χ1n) is 5.96. The van der Waals surface area contributed by atoms with Crippen LogP contribution in [0.15, 0.2) is 12.1 Å². The van der Waals surface area contributed by atoms with E-state index in [1.165, 1.54) is 48.3 Å². The maximum Gasteiger partial charge on any atom is 0.0433 e. The molecule has 80 valence electrons. The fraction of sp³-hybridized carbons (Fsp3) is 0.538. The Morgan fingerprint density at radius 2 is 1.87 bits per heavy atom. The minimum Gasteiger partial charge on any atom is -0.370 e. The highest BCUT2D eigenvalue weighted by molar-refractivity contribution is 5.67. The van der Waals surface area contributed by atoms with Gasteiger partial charge < -0.3 is 10.6 Å². The molecule has 1 unspecified atom stereocenters. The van der Waals surface area contributed by atoms with Crippen molar-refractivity contribution in [2.45, 2.75) is 32.2 Å². The molecule has 0 fully saturated rings. The molecule has 2 nitrogen and oxygen atoms in total. The molecule has 2 N–H and O–H groups in total. The summed E-state index contributed by atoms with van der Waals surface area (Å²) >= 11 is 0. The summed E-state index contributed by atoms with van der Waals surface area (Å²) in [6, 6.07) is 4.89. The Morgan fingerprint density at radius 3 is 2.40 bits per heavy atom. The second kappa shape index (κ2) is 3.24. The van der Waals surface area contributed by atoms with Gasteiger partial charge in [-0.3, -0.25) is 0 Å². The van der Waals surface area contributed by atoms with E-state index in [2.05, 4.69) is 24.0 Å². The molecule has 2 heterocycles. The van der Waals surface area contributed by atoms with Gasteiger partial charge in [0.15, 0.2) is 0 Å². The van der Waals surface area contributed by atoms with Gasteiger partial charge >= 0.3 is 0 Å². The third-order valence-electron chi connectivity index (χ3n) is 3.78. The van der Waals surface area contributed by atoms with Crippen molar-refractivity contribution in [3.63, 3.8) is 0 Å². The van der Waals surface area contributed by atoms with Gasteiger partial charge in [-0.25, -0.2) is 0 Å². The average Bonchev–Trinajstić information content (AvgIpc) is 2.85. The molecule has 2 aliphatic heterocycles. The van der Waals surface area contributed by atoms with Gasteiger partial charge in [-0.2, -0.15) is 0 Å². The second-order valence-electron chi connectivity index (χ2n) is 4.69. The third-order valence-corrected chi connectivity index (χ3v) is 3.78. The molecule has 1 aromatic rings. The smallest absolute Gasteiger partial charge is 0.0433 e. The maximum atomic E-state index is 6.11. The Balaban J connectivity index is 2.08. The molecule has 2 aliphatic rings. The fourth-order valence-electron chi connectivity index (χ4n) is 2.87. The summed E-state index contributed by atoms with van der Waals surface area (Å²) in [7, 11) is 0. The minimum atomic E-state index is 0.223. The maximum absolute atomic E-state index is 6.11. The first-order chi connectivity index (χ1) is 7.29. The molecule has 2 heteroatoms. The van der Waals surface area contributed by atoms with Gasteiger partial charge in [0.2, 0.25) is 0 Å². The van der Waals surface area contributed by atoms with Crippen LogP contribution in [0.1, 0.15) is 36.1 Å². The Hall–Kier alpha value is -1.02. The van der Waals surface area contributed by atoms with Crippen molar-refractivity contribution in [1.29, 1.82) is 0 Å². The third kappa shape index (κ3) is 1.28. The highest BCUT2D eigenvalue weighted by atomic mass is 15.2. The van der Waals surface area contributed by atoms with Crippen molar-refractivity contribution in [1.82, 2.24) is 0 Å². The summed E-state index contributed by atoms with van der Waals surface area (Å²) in [6.07, 6.45) is 3.46. The first kappa shape index (κ1) is 9.22. The fourth-order valence-corrected chi connectivity index (χ4v) is 2.87. The lowest BCUT2D eigenvalue weighted by Crippen LogP contribution is -2.17. The molecule has 0 amide bonds. The number of benzene rings is 1. The van der Waals surface area contributed by atoms with E-state index in [-0.39, 0.29) is 6.04 Å². The van der Waals surface area contributed by atoms with Crippen LogP contribution in [-0.2, 0) is 12.8 Å². The van der Waals surface area contributed by atoms with Crippen LogP contribution < -0.4 is 10.6 Å². The number of hydrogen-bond acceptors (Lipinski definition) is 2. The monoisotopic (exact) mass is 202 g/mol. The number of rotatable bonds is 2. The molecule has 1 aromatic carbocycles. The molecule has 0 saturated heterocycles. The van der Waals surface area contributed by atoms with E-state index in [1.807, 2.05) is 0 Å². The van der Waals surface area contributed by atoms with Gasteiger partial charge in [-0.05, 0) is 36.0 Å². The second-order valence-corrected chi connectivity index (χ2v) is 4.69. The summed E-state index contributed by atoms with van der Waals surface area (Å²) in [6.45, 7) is 4.59. The number of anilines is 1. The first-order valence-corrected chi connectivity index (χ1v) is 5.96. The zero-order valence-corrected chi connectivity index (χ0v) is 9.29. The molecule has 1 atom stereocenters. The van der Waals surface area contributed by atoms with Gasteiger partial charge in [0.1, 0.15) is 0 Å². The molecule has 0 radical (unpaired) electrons. The van der Waals surface area contributed by atoms with Crippen LogP contribution >= 0.6 is 0 Å². The minimum absolute atomic E-state index is 0.223. The van der Waals surface area contributed by atoms with Gasteiger partial charge in [0.05, 0.1) is 0 Å². The average molecular weight is 202 g/mol. The van der Waals surface area contributed by atoms with Crippen LogP contribution in [0.3, 0.4) is 0 Å². The van der Waals surface area contributed by atoms with Gasteiger partial charge in [-0.15, -0.1) is 0 Å². The molecule has 15 heavy (non-hydrogen) atoms. The lowest BCUT2D eigenvalue weighted by Gasteiger charge is -2.14. The van der Waals surface area contributed by atoms with E-state index in [4.69, 9.17) is 5.73 Å². The molecule has 3 rings (SSSR count). The molecule has 0 aliphatic carbocycles. The molecular formula is C13H18N2. The van der Waals surface area contributed by atoms with Crippen LogP contribution in [0.4, 0.5) is 5.69 Å².